The maximum absolute atomic E-state index is 12.2. The summed E-state index contributed by atoms with van der Waals surface area (Å²) >= 11 is 0. The summed E-state index contributed by atoms with van der Waals surface area (Å²) in [6.45, 7) is 11.4. The lowest BCUT2D eigenvalue weighted by Crippen LogP contribution is -2.46. The minimum atomic E-state index is -0.256. The zero-order valence-electron chi connectivity index (χ0n) is 16.7. The van der Waals surface area contributed by atoms with Crippen LogP contribution in [0.3, 0.4) is 0 Å². The van der Waals surface area contributed by atoms with Crippen LogP contribution in [-0.4, -0.2) is 61.3 Å². The number of hydrogen-bond donors (Lipinski definition) is 3. The third-order valence-electron chi connectivity index (χ3n) is 4.26. The number of nitrogens with one attached hydrogen (secondary N) is 3. The Bertz CT molecular complexity index is 608. The molecule has 150 valence electrons. The highest BCUT2D eigenvalue weighted by Crippen LogP contribution is 2.11. The van der Waals surface area contributed by atoms with Gasteiger partial charge in [-0.2, -0.15) is 0 Å². The lowest BCUT2D eigenvalue weighted by atomic mass is 10.2. The Balaban J connectivity index is 1.70. The number of ether oxygens (including phenoxy) is 1. The molecular weight excluding hydrogens is 344 g/mol. The predicted octanol–water partition coefficient (Wildman–Crippen LogP) is 2.45. The van der Waals surface area contributed by atoms with Crippen LogP contribution < -0.4 is 16.0 Å². The van der Waals surface area contributed by atoms with Gasteiger partial charge >= 0.3 is 6.03 Å². The van der Waals surface area contributed by atoms with Crippen LogP contribution in [0.1, 0.15) is 44.5 Å². The molecule has 1 aliphatic heterocycles. The van der Waals surface area contributed by atoms with Gasteiger partial charge in [0.15, 0.2) is 0 Å². The van der Waals surface area contributed by atoms with Crippen molar-refractivity contribution in [3.05, 3.63) is 29.8 Å². The number of carbonyl (C=O) groups is 2. The van der Waals surface area contributed by atoms with E-state index in [0.29, 0.717) is 17.8 Å². The number of benzene rings is 1. The zero-order chi connectivity index (χ0) is 19.8. The molecule has 1 heterocycles. The van der Waals surface area contributed by atoms with Crippen LogP contribution in [-0.2, 0) is 4.74 Å². The number of amides is 3. The number of nitrogens with zero attached hydrogens (tertiary/aromatic N) is 1. The summed E-state index contributed by atoms with van der Waals surface area (Å²) < 4.78 is 5.73. The molecule has 1 aliphatic rings. The molecule has 27 heavy (non-hydrogen) atoms. The van der Waals surface area contributed by atoms with Gasteiger partial charge in [-0.15, -0.1) is 0 Å². The van der Waals surface area contributed by atoms with Crippen LogP contribution in [0, 0.1) is 0 Å². The first-order valence-electron chi connectivity index (χ1n) is 9.67. The van der Waals surface area contributed by atoms with Gasteiger partial charge in [0.2, 0.25) is 0 Å². The molecule has 2 atom stereocenters. The van der Waals surface area contributed by atoms with Crippen LogP contribution in [0.25, 0.3) is 0 Å². The Morgan fingerprint density at radius 3 is 2.37 bits per heavy atom. The van der Waals surface area contributed by atoms with Crippen molar-refractivity contribution in [3.63, 3.8) is 0 Å². The molecule has 7 heteroatoms. The Morgan fingerprint density at radius 1 is 1.15 bits per heavy atom. The minimum Gasteiger partial charge on any atom is -0.373 e. The minimum absolute atomic E-state index is 0.0685. The molecule has 7 nitrogen and oxygen atoms in total. The van der Waals surface area contributed by atoms with E-state index in [1.165, 1.54) is 0 Å². The Kier molecular flexibility index (Phi) is 8.06. The second kappa shape index (κ2) is 10.3. The molecule has 1 aromatic carbocycles. The molecule has 0 radical (unpaired) electrons. The average Bonchev–Trinajstić information content (AvgIpc) is 2.57. The van der Waals surface area contributed by atoms with Gasteiger partial charge in [-0.05, 0) is 58.4 Å². The van der Waals surface area contributed by atoms with Gasteiger partial charge in [-0.1, -0.05) is 0 Å². The molecule has 3 amide bonds. The monoisotopic (exact) mass is 376 g/mol. The van der Waals surface area contributed by atoms with Gasteiger partial charge in [-0.25, -0.2) is 4.79 Å². The molecule has 0 bridgehead atoms. The highest BCUT2D eigenvalue weighted by molar-refractivity contribution is 5.95. The van der Waals surface area contributed by atoms with Crippen molar-refractivity contribution in [2.45, 2.75) is 52.4 Å². The zero-order valence-corrected chi connectivity index (χ0v) is 16.7. The molecule has 1 saturated heterocycles. The topological polar surface area (TPSA) is 82.7 Å². The summed E-state index contributed by atoms with van der Waals surface area (Å²) in [5.74, 6) is -0.100. The van der Waals surface area contributed by atoms with Gasteiger partial charge < -0.3 is 20.7 Å². The van der Waals surface area contributed by atoms with Crippen molar-refractivity contribution < 1.29 is 14.3 Å². The molecule has 1 aromatic rings. The summed E-state index contributed by atoms with van der Waals surface area (Å²) in [7, 11) is 0. The predicted molar refractivity (Wildman–Crippen MR) is 107 cm³/mol. The molecular formula is C20H32N4O3. The highest BCUT2D eigenvalue weighted by Gasteiger charge is 2.21. The van der Waals surface area contributed by atoms with E-state index in [-0.39, 0.29) is 30.2 Å². The SMILES string of the molecule is CC(C)NC(=O)Nc1ccc(C(=O)NCCCN2CC(C)OC(C)C2)cc1. The van der Waals surface area contributed by atoms with E-state index in [1.54, 1.807) is 24.3 Å². The molecule has 1 fully saturated rings. The second-order valence-electron chi connectivity index (χ2n) is 7.46. The molecule has 0 saturated carbocycles. The van der Waals surface area contributed by atoms with E-state index in [9.17, 15) is 9.59 Å². The van der Waals surface area contributed by atoms with Gasteiger partial charge in [-0.3, -0.25) is 9.69 Å². The summed E-state index contributed by atoms with van der Waals surface area (Å²) in [6, 6.07) is 6.70. The van der Waals surface area contributed by atoms with Crippen molar-refractivity contribution in [3.8, 4) is 0 Å². The normalized spacial score (nSPS) is 20.3. The van der Waals surface area contributed by atoms with E-state index < -0.39 is 0 Å². The van der Waals surface area contributed by atoms with Crippen LogP contribution >= 0.6 is 0 Å². The van der Waals surface area contributed by atoms with Crippen molar-refractivity contribution in [2.24, 2.45) is 0 Å². The third-order valence-corrected chi connectivity index (χ3v) is 4.26. The molecule has 2 rings (SSSR count). The number of anilines is 1. The fourth-order valence-corrected chi connectivity index (χ4v) is 3.21. The van der Waals surface area contributed by atoms with Gasteiger partial charge in [0.05, 0.1) is 12.2 Å². The Labute approximate surface area is 161 Å². The number of carbonyl (C=O) groups excluding carboxylic acids is 2. The fraction of sp³-hybridized carbons (Fsp3) is 0.600. The van der Waals surface area contributed by atoms with Crippen molar-refractivity contribution >= 4 is 17.6 Å². The van der Waals surface area contributed by atoms with Crippen LogP contribution in [0.4, 0.5) is 10.5 Å². The largest absolute Gasteiger partial charge is 0.373 e. The van der Waals surface area contributed by atoms with Gasteiger partial charge in [0.1, 0.15) is 0 Å². The van der Waals surface area contributed by atoms with E-state index in [4.69, 9.17) is 4.74 Å². The maximum Gasteiger partial charge on any atom is 0.319 e. The summed E-state index contributed by atoms with van der Waals surface area (Å²) in [5.41, 5.74) is 1.23. The van der Waals surface area contributed by atoms with Crippen molar-refractivity contribution in [2.75, 3.05) is 31.5 Å². The average molecular weight is 377 g/mol. The Morgan fingerprint density at radius 2 is 1.78 bits per heavy atom. The summed E-state index contributed by atoms with van der Waals surface area (Å²) in [5, 5.41) is 8.44. The van der Waals surface area contributed by atoms with Crippen LogP contribution in [0.2, 0.25) is 0 Å². The summed E-state index contributed by atoms with van der Waals surface area (Å²) in [4.78, 5) is 26.3. The van der Waals surface area contributed by atoms with Crippen LogP contribution in [0.5, 0.6) is 0 Å². The van der Waals surface area contributed by atoms with E-state index in [2.05, 4.69) is 34.7 Å². The van der Waals surface area contributed by atoms with Gasteiger partial charge in [0, 0.05) is 43.5 Å². The lowest BCUT2D eigenvalue weighted by molar-refractivity contribution is -0.0680. The second-order valence-corrected chi connectivity index (χ2v) is 7.46. The van der Waals surface area contributed by atoms with Crippen molar-refractivity contribution in [1.29, 1.82) is 0 Å². The molecule has 0 spiro atoms. The smallest absolute Gasteiger partial charge is 0.319 e. The number of urea groups is 1. The van der Waals surface area contributed by atoms with E-state index >= 15 is 0 Å². The first-order valence-corrected chi connectivity index (χ1v) is 9.67. The molecule has 2 unspecified atom stereocenters. The standard InChI is InChI=1S/C20H32N4O3/c1-14(2)22-20(26)23-18-8-6-17(7-9-18)19(25)21-10-5-11-24-12-15(3)27-16(4)13-24/h6-9,14-16H,5,10-13H2,1-4H3,(H,21,25)(H2,22,23,26). The number of hydrogen-bond acceptors (Lipinski definition) is 4. The number of morpholine rings is 1. The lowest BCUT2D eigenvalue weighted by Gasteiger charge is -2.35. The molecule has 0 aromatic heterocycles. The van der Waals surface area contributed by atoms with Crippen molar-refractivity contribution in [1.82, 2.24) is 15.5 Å². The quantitative estimate of drug-likeness (QED) is 0.639. The number of rotatable bonds is 7. The third kappa shape index (κ3) is 7.56. The van der Waals surface area contributed by atoms with E-state index in [1.807, 2.05) is 13.8 Å². The Hall–Kier alpha value is -2.12. The van der Waals surface area contributed by atoms with E-state index in [0.717, 1.165) is 26.1 Å². The highest BCUT2D eigenvalue weighted by atomic mass is 16.5. The van der Waals surface area contributed by atoms with Gasteiger partial charge in [0.25, 0.3) is 5.91 Å². The van der Waals surface area contributed by atoms with Crippen LogP contribution in [0.15, 0.2) is 24.3 Å². The molecule has 0 aliphatic carbocycles. The fourth-order valence-electron chi connectivity index (χ4n) is 3.21. The molecule has 3 N–H and O–H groups in total. The first-order chi connectivity index (χ1) is 12.8. The summed E-state index contributed by atoms with van der Waals surface area (Å²) in [6.07, 6.45) is 1.43. The first kappa shape index (κ1) is 21.2. The maximum atomic E-state index is 12.2.